The molecule has 0 N–H and O–H groups in total. The first-order valence-corrected chi connectivity index (χ1v) is 9.54. The number of nitrogens with zero attached hydrogens (tertiary/aromatic N) is 1. The zero-order valence-electron chi connectivity index (χ0n) is 15.4. The SMILES string of the molecule is c1ccc([C@@H]2[C@H](c3ccccc3)O[C@H](c3ccco3)N2c2ccccc2)cc1. The highest BCUT2D eigenvalue weighted by Gasteiger charge is 2.45. The van der Waals surface area contributed by atoms with Gasteiger partial charge in [-0.1, -0.05) is 78.9 Å². The number of hydrogen-bond acceptors (Lipinski definition) is 3. The first-order valence-electron chi connectivity index (χ1n) is 9.54. The molecule has 0 spiro atoms. The molecule has 1 fully saturated rings. The molecule has 0 amide bonds. The largest absolute Gasteiger partial charge is 0.465 e. The zero-order valence-corrected chi connectivity index (χ0v) is 15.4. The first-order chi connectivity index (χ1) is 13.9. The number of hydrogen-bond donors (Lipinski definition) is 0. The summed E-state index contributed by atoms with van der Waals surface area (Å²) in [6, 6.07) is 35.3. The van der Waals surface area contributed by atoms with Gasteiger partial charge in [0.25, 0.3) is 0 Å². The third-order valence-corrected chi connectivity index (χ3v) is 5.22. The van der Waals surface area contributed by atoms with Crippen molar-refractivity contribution >= 4 is 5.69 Å². The summed E-state index contributed by atoms with van der Waals surface area (Å²) < 4.78 is 12.4. The van der Waals surface area contributed by atoms with E-state index in [2.05, 4.69) is 77.7 Å². The van der Waals surface area contributed by atoms with Crippen molar-refractivity contribution in [1.29, 1.82) is 0 Å². The maximum Gasteiger partial charge on any atom is 0.190 e. The van der Waals surface area contributed by atoms with Gasteiger partial charge >= 0.3 is 0 Å². The van der Waals surface area contributed by atoms with Crippen LogP contribution in [-0.4, -0.2) is 0 Å². The highest BCUT2D eigenvalue weighted by atomic mass is 16.5. The quantitative estimate of drug-likeness (QED) is 0.423. The molecule has 1 aromatic heterocycles. The monoisotopic (exact) mass is 367 g/mol. The van der Waals surface area contributed by atoms with E-state index >= 15 is 0 Å². The van der Waals surface area contributed by atoms with Gasteiger partial charge in [-0.3, -0.25) is 0 Å². The second kappa shape index (κ2) is 7.37. The van der Waals surface area contributed by atoms with Crippen LogP contribution in [0.4, 0.5) is 5.69 Å². The van der Waals surface area contributed by atoms with E-state index in [0.29, 0.717) is 0 Å². The summed E-state index contributed by atoms with van der Waals surface area (Å²) in [6.07, 6.45) is 1.29. The van der Waals surface area contributed by atoms with Crippen molar-refractivity contribution in [2.45, 2.75) is 18.4 Å². The van der Waals surface area contributed by atoms with Crippen LogP contribution < -0.4 is 4.90 Å². The third-order valence-electron chi connectivity index (χ3n) is 5.22. The molecule has 3 nitrogen and oxygen atoms in total. The lowest BCUT2D eigenvalue weighted by Crippen LogP contribution is -2.27. The van der Waals surface area contributed by atoms with Gasteiger partial charge in [-0.25, -0.2) is 0 Å². The molecule has 1 aliphatic rings. The molecule has 3 aromatic carbocycles. The van der Waals surface area contributed by atoms with Crippen molar-refractivity contribution in [3.63, 3.8) is 0 Å². The Bertz CT molecular complexity index is 1000. The molecule has 3 heteroatoms. The number of anilines is 1. The predicted molar refractivity (Wildman–Crippen MR) is 110 cm³/mol. The average molecular weight is 367 g/mol. The van der Waals surface area contributed by atoms with E-state index in [1.54, 1.807) is 6.26 Å². The molecule has 5 rings (SSSR count). The Morgan fingerprint density at radius 3 is 1.82 bits per heavy atom. The van der Waals surface area contributed by atoms with Crippen LogP contribution >= 0.6 is 0 Å². The van der Waals surface area contributed by atoms with Crippen molar-refractivity contribution in [3.05, 3.63) is 126 Å². The van der Waals surface area contributed by atoms with Crippen LogP contribution in [0.25, 0.3) is 0 Å². The molecule has 0 saturated carbocycles. The van der Waals surface area contributed by atoms with Crippen molar-refractivity contribution in [1.82, 2.24) is 0 Å². The van der Waals surface area contributed by atoms with Gasteiger partial charge in [0.15, 0.2) is 12.0 Å². The number of para-hydroxylation sites is 1. The van der Waals surface area contributed by atoms with Crippen LogP contribution in [0.3, 0.4) is 0 Å². The second-order valence-electron chi connectivity index (χ2n) is 6.93. The molecule has 0 bridgehead atoms. The lowest BCUT2D eigenvalue weighted by atomic mass is 9.95. The number of benzene rings is 3. The minimum absolute atomic E-state index is 0.0288. The lowest BCUT2D eigenvalue weighted by molar-refractivity contribution is 0.0287. The number of rotatable bonds is 4. The van der Waals surface area contributed by atoms with E-state index in [9.17, 15) is 0 Å². The predicted octanol–water partition coefficient (Wildman–Crippen LogP) is 6.30. The van der Waals surface area contributed by atoms with Gasteiger partial charge in [0.1, 0.15) is 6.10 Å². The Labute approximate surface area is 164 Å². The Kier molecular flexibility index (Phi) is 4.43. The van der Waals surface area contributed by atoms with E-state index in [4.69, 9.17) is 9.15 Å². The second-order valence-corrected chi connectivity index (χ2v) is 6.93. The molecule has 3 atom stereocenters. The fourth-order valence-electron chi connectivity index (χ4n) is 3.99. The minimum Gasteiger partial charge on any atom is -0.465 e. The first kappa shape index (κ1) is 16.8. The molecule has 4 aromatic rings. The smallest absolute Gasteiger partial charge is 0.190 e. The maximum atomic E-state index is 6.66. The van der Waals surface area contributed by atoms with Crippen molar-refractivity contribution in [2.24, 2.45) is 0 Å². The normalized spacial score (nSPS) is 21.7. The van der Waals surface area contributed by atoms with E-state index in [0.717, 1.165) is 17.0 Å². The Morgan fingerprint density at radius 2 is 1.21 bits per heavy atom. The van der Waals surface area contributed by atoms with Crippen LogP contribution in [0, 0.1) is 0 Å². The highest BCUT2D eigenvalue weighted by Crippen LogP contribution is 2.52. The van der Waals surface area contributed by atoms with E-state index in [-0.39, 0.29) is 18.4 Å². The van der Waals surface area contributed by atoms with E-state index in [1.807, 2.05) is 30.3 Å². The topological polar surface area (TPSA) is 25.6 Å². The van der Waals surface area contributed by atoms with Gasteiger partial charge < -0.3 is 14.1 Å². The van der Waals surface area contributed by atoms with Gasteiger partial charge in [0.05, 0.1) is 12.3 Å². The molecule has 2 heterocycles. The summed E-state index contributed by atoms with van der Waals surface area (Å²) in [4.78, 5) is 2.33. The van der Waals surface area contributed by atoms with Crippen LogP contribution in [0.15, 0.2) is 114 Å². The highest BCUT2D eigenvalue weighted by molar-refractivity contribution is 5.52. The Morgan fingerprint density at radius 1 is 0.607 bits per heavy atom. The summed E-state index contributed by atoms with van der Waals surface area (Å²) in [5.74, 6) is 0.809. The fourth-order valence-corrected chi connectivity index (χ4v) is 3.99. The van der Waals surface area contributed by atoms with Gasteiger partial charge in [-0.2, -0.15) is 0 Å². The van der Waals surface area contributed by atoms with Gasteiger partial charge in [-0.15, -0.1) is 0 Å². The fraction of sp³-hybridized carbons (Fsp3) is 0.120. The summed E-state index contributed by atoms with van der Waals surface area (Å²) in [5.41, 5.74) is 3.48. The van der Waals surface area contributed by atoms with Gasteiger partial charge in [0, 0.05) is 5.69 Å². The molecule has 0 aliphatic carbocycles. The number of ether oxygens (including phenoxy) is 1. The summed E-state index contributed by atoms with van der Waals surface area (Å²) >= 11 is 0. The molecular weight excluding hydrogens is 346 g/mol. The molecule has 138 valence electrons. The number of furan rings is 1. The van der Waals surface area contributed by atoms with Crippen molar-refractivity contribution < 1.29 is 9.15 Å². The van der Waals surface area contributed by atoms with E-state index in [1.165, 1.54) is 5.56 Å². The van der Waals surface area contributed by atoms with Crippen molar-refractivity contribution in [2.75, 3.05) is 4.90 Å². The zero-order chi connectivity index (χ0) is 18.8. The summed E-state index contributed by atoms with van der Waals surface area (Å²) in [5, 5.41) is 0. The molecular formula is C25H21NO2. The van der Waals surface area contributed by atoms with Crippen LogP contribution in [0.5, 0.6) is 0 Å². The Balaban J connectivity index is 1.68. The molecule has 1 saturated heterocycles. The Hall–Kier alpha value is -3.30. The molecule has 0 radical (unpaired) electrons. The lowest BCUT2D eigenvalue weighted by Gasteiger charge is -2.31. The minimum atomic E-state index is -0.298. The standard InChI is InChI=1S/C25H21NO2/c1-4-11-19(12-5-1)23-24(20-13-6-2-7-14-20)28-25(22-17-10-18-27-22)26(23)21-15-8-3-9-16-21/h1-18,23-25H/t23-,24+,25-/m1/s1. The molecule has 0 unspecified atom stereocenters. The van der Waals surface area contributed by atoms with Crippen molar-refractivity contribution in [3.8, 4) is 0 Å². The summed E-state index contributed by atoms with van der Waals surface area (Å²) in [6.45, 7) is 0. The van der Waals surface area contributed by atoms with Gasteiger partial charge in [-0.05, 0) is 35.4 Å². The van der Waals surface area contributed by atoms with Crippen LogP contribution in [0.1, 0.15) is 35.3 Å². The molecule has 1 aliphatic heterocycles. The van der Waals surface area contributed by atoms with Crippen LogP contribution in [0.2, 0.25) is 0 Å². The van der Waals surface area contributed by atoms with Crippen LogP contribution in [-0.2, 0) is 4.74 Å². The summed E-state index contributed by atoms with van der Waals surface area (Å²) in [7, 11) is 0. The maximum absolute atomic E-state index is 6.66. The average Bonchev–Trinajstić information content (AvgIpc) is 3.43. The van der Waals surface area contributed by atoms with Gasteiger partial charge in [0.2, 0.25) is 0 Å². The molecule has 28 heavy (non-hydrogen) atoms. The van der Waals surface area contributed by atoms with E-state index < -0.39 is 0 Å². The third kappa shape index (κ3) is 3.00.